The Hall–Kier alpha value is -1.06. The first-order valence-corrected chi connectivity index (χ1v) is 7.59. The van der Waals surface area contributed by atoms with Gasteiger partial charge in [0, 0.05) is 29.5 Å². The van der Waals surface area contributed by atoms with Crippen molar-refractivity contribution in [2.75, 3.05) is 6.61 Å². The third-order valence-electron chi connectivity index (χ3n) is 4.19. The lowest BCUT2D eigenvalue weighted by Crippen LogP contribution is -2.62. The maximum absolute atomic E-state index is 12.3. The van der Waals surface area contributed by atoms with Crippen molar-refractivity contribution >= 4 is 17.5 Å². The first-order chi connectivity index (χ1) is 9.48. The van der Waals surface area contributed by atoms with Gasteiger partial charge in [0.05, 0.1) is 6.10 Å². The van der Waals surface area contributed by atoms with E-state index in [0.29, 0.717) is 18.1 Å². The van der Waals surface area contributed by atoms with Crippen molar-refractivity contribution in [2.24, 2.45) is 5.41 Å². The van der Waals surface area contributed by atoms with Gasteiger partial charge in [0.1, 0.15) is 0 Å². The van der Waals surface area contributed by atoms with E-state index >= 15 is 0 Å². The molecule has 2 atom stereocenters. The van der Waals surface area contributed by atoms with Crippen molar-refractivity contribution in [3.63, 3.8) is 0 Å². The standard InChI is InChI=1S/C16H22ClNO2/c1-4-20-14-9-13(16(14,2)3)18-15(19)12-7-5-6-11(8-12)10-17/h5-8,13-14H,4,9-10H2,1-3H3,(H,18,19). The number of amides is 1. The van der Waals surface area contributed by atoms with Crippen LogP contribution in [0, 0.1) is 5.41 Å². The maximum atomic E-state index is 12.3. The van der Waals surface area contributed by atoms with E-state index in [1.54, 1.807) is 0 Å². The van der Waals surface area contributed by atoms with Gasteiger partial charge in [-0.05, 0) is 31.0 Å². The summed E-state index contributed by atoms with van der Waals surface area (Å²) in [7, 11) is 0. The largest absolute Gasteiger partial charge is 0.378 e. The molecule has 3 nitrogen and oxygen atoms in total. The molecule has 0 aromatic heterocycles. The molecule has 4 heteroatoms. The van der Waals surface area contributed by atoms with Crippen LogP contribution in [0.2, 0.25) is 0 Å². The lowest BCUT2D eigenvalue weighted by atomic mass is 9.64. The van der Waals surface area contributed by atoms with Crippen molar-refractivity contribution in [3.05, 3.63) is 35.4 Å². The van der Waals surface area contributed by atoms with E-state index in [0.717, 1.165) is 12.0 Å². The molecule has 1 amide bonds. The zero-order valence-corrected chi connectivity index (χ0v) is 13.0. The second kappa shape index (κ2) is 6.15. The highest BCUT2D eigenvalue weighted by atomic mass is 35.5. The zero-order chi connectivity index (χ0) is 14.8. The van der Waals surface area contributed by atoms with Crippen LogP contribution >= 0.6 is 11.6 Å². The minimum absolute atomic E-state index is 0.0181. The third kappa shape index (κ3) is 2.99. The topological polar surface area (TPSA) is 38.3 Å². The summed E-state index contributed by atoms with van der Waals surface area (Å²) in [5.74, 6) is 0.382. The normalized spacial score (nSPS) is 24.0. The molecule has 2 unspecified atom stereocenters. The number of carbonyl (C=O) groups excluding carboxylic acids is 1. The van der Waals surface area contributed by atoms with Crippen LogP contribution in [0.25, 0.3) is 0 Å². The first-order valence-electron chi connectivity index (χ1n) is 7.06. The SMILES string of the molecule is CCOC1CC(NC(=O)c2cccc(CCl)c2)C1(C)C. The van der Waals surface area contributed by atoms with E-state index in [4.69, 9.17) is 16.3 Å². The minimum atomic E-state index is -0.0370. The van der Waals surface area contributed by atoms with E-state index in [1.807, 2.05) is 31.2 Å². The van der Waals surface area contributed by atoms with Crippen molar-refractivity contribution < 1.29 is 9.53 Å². The Morgan fingerprint density at radius 2 is 2.25 bits per heavy atom. The van der Waals surface area contributed by atoms with Gasteiger partial charge in [0.2, 0.25) is 0 Å². The number of halogens is 1. The number of hydrogen-bond acceptors (Lipinski definition) is 2. The summed E-state index contributed by atoms with van der Waals surface area (Å²) >= 11 is 5.80. The molecule has 1 fully saturated rings. The molecule has 0 aliphatic heterocycles. The fourth-order valence-corrected chi connectivity index (χ4v) is 2.82. The molecule has 2 rings (SSSR count). The second-order valence-corrected chi connectivity index (χ2v) is 6.13. The molecule has 1 saturated carbocycles. The van der Waals surface area contributed by atoms with Crippen molar-refractivity contribution in [2.45, 2.75) is 45.2 Å². The van der Waals surface area contributed by atoms with Crippen LogP contribution < -0.4 is 5.32 Å². The summed E-state index contributed by atoms with van der Waals surface area (Å²) in [6.07, 6.45) is 1.11. The molecule has 0 saturated heterocycles. The maximum Gasteiger partial charge on any atom is 0.251 e. The van der Waals surface area contributed by atoms with Gasteiger partial charge >= 0.3 is 0 Å². The molecule has 1 N–H and O–H groups in total. The van der Waals surface area contributed by atoms with Crippen LogP contribution in [0.15, 0.2) is 24.3 Å². The Kier molecular flexibility index (Phi) is 4.71. The number of benzene rings is 1. The number of hydrogen-bond donors (Lipinski definition) is 1. The van der Waals surface area contributed by atoms with Crippen LogP contribution in [0.1, 0.15) is 43.1 Å². The van der Waals surface area contributed by atoms with Gasteiger partial charge in [0.25, 0.3) is 5.91 Å². The highest BCUT2D eigenvalue weighted by molar-refractivity contribution is 6.17. The summed E-state index contributed by atoms with van der Waals surface area (Å²) in [5, 5.41) is 3.10. The summed E-state index contributed by atoms with van der Waals surface area (Å²) in [5.41, 5.74) is 1.61. The fraction of sp³-hybridized carbons (Fsp3) is 0.562. The van der Waals surface area contributed by atoms with E-state index < -0.39 is 0 Å². The minimum Gasteiger partial charge on any atom is -0.378 e. The highest BCUT2D eigenvalue weighted by Gasteiger charge is 2.49. The molecular weight excluding hydrogens is 274 g/mol. The van der Waals surface area contributed by atoms with Gasteiger partial charge in [-0.1, -0.05) is 26.0 Å². The van der Waals surface area contributed by atoms with E-state index in [2.05, 4.69) is 19.2 Å². The van der Waals surface area contributed by atoms with Gasteiger partial charge < -0.3 is 10.1 Å². The average molecular weight is 296 g/mol. The van der Waals surface area contributed by atoms with Crippen LogP contribution in [-0.4, -0.2) is 24.7 Å². The highest BCUT2D eigenvalue weighted by Crippen LogP contribution is 2.42. The fourth-order valence-electron chi connectivity index (χ4n) is 2.65. The predicted molar refractivity (Wildman–Crippen MR) is 81.1 cm³/mol. The van der Waals surface area contributed by atoms with E-state index in [-0.39, 0.29) is 23.5 Å². The summed E-state index contributed by atoms with van der Waals surface area (Å²) < 4.78 is 5.68. The Morgan fingerprint density at radius 3 is 2.85 bits per heavy atom. The molecule has 0 heterocycles. The summed E-state index contributed by atoms with van der Waals surface area (Å²) in [6, 6.07) is 7.60. The smallest absolute Gasteiger partial charge is 0.251 e. The number of nitrogens with one attached hydrogen (secondary N) is 1. The monoisotopic (exact) mass is 295 g/mol. The summed E-state index contributed by atoms with van der Waals surface area (Å²) in [4.78, 5) is 12.3. The zero-order valence-electron chi connectivity index (χ0n) is 12.3. The quantitative estimate of drug-likeness (QED) is 0.846. The third-order valence-corrected chi connectivity index (χ3v) is 4.50. The van der Waals surface area contributed by atoms with E-state index in [9.17, 15) is 4.79 Å². The number of rotatable bonds is 5. The Morgan fingerprint density at radius 1 is 1.50 bits per heavy atom. The Bertz CT molecular complexity index is 487. The number of ether oxygens (including phenoxy) is 1. The van der Waals surface area contributed by atoms with Crippen molar-refractivity contribution in [3.8, 4) is 0 Å². The molecule has 0 bridgehead atoms. The lowest BCUT2D eigenvalue weighted by molar-refractivity contribution is -0.111. The molecule has 110 valence electrons. The first kappa shape index (κ1) is 15.3. The lowest BCUT2D eigenvalue weighted by Gasteiger charge is -2.51. The molecule has 1 aromatic rings. The average Bonchev–Trinajstić information content (AvgIpc) is 2.46. The summed E-state index contributed by atoms with van der Waals surface area (Å²) in [6.45, 7) is 6.99. The number of carbonyl (C=O) groups is 1. The molecule has 1 aliphatic rings. The predicted octanol–water partition coefficient (Wildman–Crippen LogP) is 3.36. The van der Waals surface area contributed by atoms with Crippen LogP contribution in [0.5, 0.6) is 0 Å². The molecule has 0 spiro atoms. The van der Waals surface area contributed by atoms with Gasteiger partial charge in [-0.2, -0.15) is 0 Å². The van der Waals surface area contributed by atoms with E-state index in [1.165, 1.54) is 0 Å². The van der Waals surface area contributed by atoms with Gasteiger partial charge in [0.15, 0.2) is 0 Å². The van der Waals surface area contributed by atoms with Gasteiger partial charge in [-0.15, -0.1) is 11.6 Å². The van der Waals surface area contributed by atoms with Crippen molar-refractivity contribution in [1.29, 1.82) is 0 Å². The van der Waals surface area contributed by atoms with Crippen LogP contribution in [0.3, 0.4) is 0 Å². The Balaban J connectivity index is 1.99. The molecule has 1 aliphatic carbocycles. The molecule has 1 aromatic carbocycles. The van der Waals surface area contributed by atoms with Crippen LogP contribution in [-0.2, 0) is 10.6 Å². The molecule has 0 radical (unpaired) electrons. The van der Waals surface area contributed by atoms with Gasteiger partial charge in [-0.25, -0.2) is 0 Å². The second-order valence-electron chi connectivity index (χ2n) is 5.86. The molecule has 20 heavy (non-hydrogen) atoms. The van der Waals surface area contributed by atoms with Crippen molar-refractivity contribution in [1.82, 2.24) is 5.32 Å². The molecular formula is C16H22ClNO2. The number of alkyl halides is 1. The van der Waals surface area contributed by atoms with Gasteiger partial charge in [-0.3, -0.25) is 4.79 Å². The van der Waals surface area contributed by atoms with Crippen LogP contribution in [0.4, 0.5) is 0 Å². The Labute approximate surface area is 125 Å².